The van der Waals surface area contributed by atoms with Crippen LogP contribution in [-0.2, 0) is 4.79 Å². The molecule has 1 aliphatic carbocycles. The number of anilines is 2. The van der Waals surface area contributed by atoms with Crippen molar-refractivity contribution in [2.24, 2.45) is 0 Å². The van der Waals surface area contributed by atoms with Crippen molar-refractivity contribution in [3.8, 4) is 11.5 Å². The van der Waals surface area contributed by atoms with Crippen molar-refractivity contribution >= 4 is 28.8 Å². The second-order valence-electron chi connectivity index (χ2n) is 8.92. The molecule has 2 aliphatic rings. The van der Waals surface area contributed by atoms with Gasteiger partial charge in [0, 0.05) is 28.3 Å². The summed E-state index contributed by atoms with van der Waals surface area (Å²) in [4.78, 5) is 13.8. The number of benzene rings is 3. The second-order valence-corrected chi connectivity index (χ2v) is 9.32. The summed E-state index contributed by atoms with van der Waals surface area (Å²) in [5, 5.41) is 7.92. The molecule has 5 rings (SSSR count). The standard InChI is InChI=1S/C29H29ClN2O3/c1-3-15-35-29-20(10-8-14-26(29)34-2)28-27-24(31-22-12-6-7-13-23(22)32-28)16-18(17-25(27)33)19-9-4-5-11-21(19)30/h4-14,18,28,31-32H,3,15-17H2,1-2H3. The quantitative estimate of drug-likeness (QED) is 0.387. The number of hydrogen-bond acceptors (Lipinski definition) is 5. The molecule has 0 radical (unpaired) electrons. The van der Waals surface area contributed by atoms with Crippen molar-refractivity contribution in [3.05, 3.63) is 94.1 Å². The van der Waals surface area contributed by atoms with E-state index in [0.29, 0.717) is 36.0 Å². The van der Waals surface area contributed by atoms with Crippen molar-refractivity contribution in [2.45, 2.75) is 38.1 Å². The topological polar surface area (TPSA) is 59.6 Å². The number of hydrogen-bond donors (Lipinski definition) is 2. The van der Waals surface area contributed by atoms with Gasteiger partial charge in [0.1, 0.15) is 0 Å². The second kappa shape index (κ2) is 10.0. The van der Waals surface area contributed by atoms with Crippen molar-refractivity contribution in [3.63, 3.8) is 0 Å². The number of para-hydroxylation sites is 3. The van der Waals surface area contributed by atoms with Crippen molar-refractivity contribution in [1.82, 2.24) is 0 Å². The number of Topliss-reactive ketones (excluding diaryl/α,β-unsaturated/α-hetero) is 1. The van der Waals surface area contributed by atoms with Gasteiger partial charge in [0.05, 0.1) is 31.1 Å². The van der Waals surface area contributed by atoms with E-state index in [4.69, 9.17) is 21.1 Å². The molecule has 2 N–H and O–H groups in total. The molecule has 1 heterocycles. The van der Waals surface area contributed by atoms with E-state index in [1.807, 2.05) is 66.7 Å². The van der Waals surface area contributed by atoms with E-state index in [1.165, 1.54) is 0 Å². The van der Waals surface area contributed by atoms with Gasteiger partial charge >= 0.3 is 0 Å². The van der Waals surface area contributed by atoms with Crippen LogP contribution in [-0.4, -0.2) is 19.5 Å². The number of allylic oxidation sites excluding steroid dienone is 1. The lowest BCUT2D eigenvalue weighted by molar-refractivity contribution is -0.116. The summed E-state index contributed by atoms with van der Waals surface area (Å²) >= 11 is 6.53. The van der Waals surface area contributed by atoms with Crippen LogP contribution in [0.15, 0.2) is 78.0 Å². The van der Waals surface area contributed by atoms with Gasteiger partial charge in [0.25, 0.3) is 0 Å². The Morgan fingerprint density at radius 2 is 1.69 bits per heavy atom. The number of halogens is 1. The zero-order valence-electron chi connectivity index (χ0n) is 19.9. The lowest BCUT2D eigenvalue weighted by Crippen LogP contribution is -2.27. The van der Waals surface area contributed by atoms with Gasteiger partial charge in [-0.05, 0) is 48.6 Å². The van der Waals surface area contributed by atoms with Crippen LogP contribution in [0.1, 0.15) is 49.3 Å². The Morgan fingerprint density at radius 1 is 0.943 bits per heavy atom. The van der Waals surface area contributed by atoms with Crippen LogP contribution in [0.4, 0.5) is 11.4 Å². The number of ether oxygens (including phenoxy) is 2. The molecule has 2 unspecified atom stereocenters. The molecule has 1 aliphatic heterocycles. The highest BCUT2D eigenvalue weighted by Crippen LogP contribution is 2.48. The third-order valence-corrected chi connectivity index (χ3v) is 6.99. The fraction of sp³-hybridized carbons (Fsp3) is 0.276. The summed E-state index contributed by atoms with van der Waals surface area (Å²) in [6, 6.07) is 21.3. The minimum Gasteiger partial charge on any atom is -0.493 e. The number of rotatable bonds is 6. The molecule has 0 bridgehead atoms. The SMILES string of the molecule is CCCOc1c(OC)cccc1C1Nc2ccccc2NC2=C1C(=O)CC(c1ccccc1Cl)C2. The normalized spacial score (nSPS) is 19.1. The molecule has 5 nitrogen and oxygen atoms in total. The largest absolute Gasteiger partial charge is 0.493 e. The molecule has 0 fully saturated rings. The molecule has 180 valence electrons. The van der Waals surface area contributed by atoms with Gasteiger partial charge in [0.15, 0.2) is 17.3 Å². The minimum absolute atomic E-state index is 0.00878. The van der Waals surface area contributed by atoms with Crippen LogP contribution in [0.3, 0.4) is 0 Å². The van der Waals surface area contributed by atoms with Crippen LogP contribution < -0.4 is 20.1 Å². The zero-order valence-corrected chi connectivity index (χ0v) is 20.7. The highest BCUT2D eigenvalue weighted by Gasteiger charge is 2.38. The van der Waals surface area contributed by atoms with Gasteiger partial charge in [-0.3, -0.25) is 4.79 Å². The molecule has 35 heavy (non-hydrogen) atoms. The first-order chi connectivity index (χ1) is 17.1. The number of fused-ring (bicyclic) bond motifs is 1. The summed E-state index contributed by atoms with van der Waals surface area (Å²) in [6.07, 6.45) is 1.95. The maximum Gasteiger partial charge on any atom is 0.166 e. The Labute approximate surface area is 211 Å². The molecule has 0 aromatic heterocycles. The minimum atomic E-state index is -0.386. The molecular formula is C29H29ClN2O3. The maximum atomic E-state index is 13.8. The molecule has 6 heteroatoms. The summed E-state index contributed by atoms with van der Waals surface area (Å²) < 4.78 is 11.8. The first-order valence-electron chi connectivity index (χ1n) is 12.0. The average molecular weight is 489 g/mol. The Hall–Kier alpha value is -3.44. The summed E-state index contributed by atoms with van der Waals surface area (Å²) in [5.41, 5.74) is 5.41. The van der Waals surface area contributed by atoms with Gasteiger partial charge in [-0.25, -0.2) is 0 Å². The van der Waals surface area contributed by atoms with Crippen molar-refractivity contribution < 1.29 is 14.3 Å². The molecule has 2 atom stereocenters. The van der Waals surface area contributed by atoms with E-state index in [1.54, 1.807) is 7.11 Å². The smallest absolute Gasteiger partial charge is 0.166 e. The summed E-state index contributed by atoms with van der Waals surface area (Å²) in [6.45, 7) is 2.63. The Bertz CT molecular complexity index is 1290. The van der Waals surface area contributed by atoms with Crippen LogP contribution in [0.25, 0.3) is 0 Å². The lowest BCUT2D eigenvalue weighted by Gasteiger charge is -2.31. The van der Waals surface area contributed by atoms with Crippen LogP contribution in [0.2, 0.25) is 5.02 Å². The molecule has 3 aromatic carbocycles. The van der Waals surface area contributed by atoms with Crippen molar-refractivity contribution in [2.75, 3.05) is 24.4 Å². The van der Waals surface area contributed by atoms with E-state index >= 15 is 0 Å². The maximum absolute atomic E-state index is 13.8. The third kappa shape index (κ3) is 4.48. The summed E-state index contributed by atoms with van der Waals surface area (Å²) in [5.74, 6) is 1.43. The number of methoxy groups -OCH3 is 1. The van der Waals surface area contributed by atoms with E-state index in [-0.39, 0.29) is 17.7 Å². The first-order valence-corrected chi connectivity index (χ1v) is 12.4. The zero-order chi connectivity index (χ0) is 24.4. The molecular weight excluding hydrogens is 460 g/mol. The monoisotopic (exact) mass is 488 g/mol. The third-order valence-electron chi connectivity index (χ3n) is 6.64. The number of nitrogens with one attached hydrogen (secondary N) is 2. The van der Waals surface area contributed by atoms with E-state index in [0.717, 1.165) is 40.2 Å². The van der Waals surface area contributed by atoms with Crippen LogP contribution in [0, 0.1) is 0 Å². The highest BCUT2D eigenvalue weighted by atomic mass is 35.5. The van der Waals surface area contributed by atoms with Crippen LogP contribution in [0.5, 0.6) is 11.5 Å². The van der Waals surface area contributed by atoms with E-state index in [9.17, 15) is 4.79 Å². The number of carbonyl (C=O) groups excluding carboxylic acids is 1. The highest BCUT2D eigenvalue weighted by molar-refractivity contribution is 6.31. The van der Waals surface area contributed by atoms with Gasteiger partial charge < -0.3 is 20.1 Å². The summed E-state index contributed by atoms with van der Waals surface area (Å²) in [7, 11) is 1.64. The van der Waals surface area contributed by atoms with E-state index in [2.05, 4.69) is 17.6 Å². The van der Waals surface area contributed by atoms with Crippen LogP contribution >= 0.6 is 11.6 Å². The Balaban J connectivity index is 1.65. The predicted molar refractivity (Wildman–Crippen MR) is 141 cm³/mol. The molecule has 0 saturated heterocycles. The Morgan fingerprint density at radius 3 is 2.46 bits per heavy atom. The van der Waals surface area contributed by atoms with Gasteiger partial charge in [-0.15, -0.1) is 0 Å². The first kappa shape index (κ1) is 23.3. The molecule has 0 spiro atoms. The van der Waals surface area contributed by atoms with Gasteiger partial charge in [-0.2, -0.15) is 0 Å². The van der Waals surface area contributed by atoms with Gasteiger partial charge in [-0.1, -0.05) is 61.0 Å². The lowest BCUT2D eigenvalue weighted by atomic mass is 9.78. The average Bonchev–Trinajstić information content (AvgIpc) is 3.04. The molecule has 0 saturated carbocycles. The Kier molecular flexibility index (Phi) is 6.69. The molecule has 0 amide bonds. The number of carbonyl (C=O) groups is 1. The van der Waals surface area contributed by atoms with Gasteiger partial charge in [0.2, 0.25) is 0 Å². The fourth-order valence-corrected chi connectivity index (χ4v) is 5.32. The fourth-order valence-electron chi connectivity index (χ4n) is 5.03. The molecule has 3 aromatic rings. The van der Waals surface area contributed by atoms with Crippen molar-refractivity contribution in [1.29, 1.82) is 0 Å². The predicted octanol–water partition coefficient (Wildman–Crippen LogP) is 7.12. The number of ketones is 1. The van der Waals surface area contributed by atoms with E-state index < -0.39 is 0 Å².